The Labute approximate surface area is 268 Å². The first-order valence-electron chi connectivity index (χ1n) is 16.9. The van der Waals surface area contributed by atoms with Crippen LogP contribution in [0.3, 0.4) is 0 Å². The van der Waals surface area contributed by atoms with E-state index in [9.17, 15) is 35.4 Å². The number of benzene rings is 1. The second kappa shape index (κ2) is 22.7. The van der Waals surface area contributed by atoms with Crippen LogP contribution in [0.2, 0.25) is 0 Å². The van der Waals surface area contributed by atoms with Crippen LogP contribution in [0.4, 0.5) is 0 Å². The number of methoxy groups -OCH3 is 1. The lowest BCUT2D eigenvalue weighted by atomic mass is 9.98. The molecule has 1 aliphatic heterocycles. The van der Waals surface area contributed by atoms with Crippen molar-refractivity contribution in [2.45, 2.75) is 152 Å². The van der Waals surface area contributed by atoms with Crippen molar-refractivity contribution in [1.29, 1.82) is 0 Å². The molecule has 260 valence electrons. The summed E-state index contributed by atoms with van der Waals surface area (Å²) in [6, 6.07) is 6.28. The summed E-state index contributed by atoms with van der Waals surface area (Å²) in [6.07, 6.45) is 5.18. The Hall–Kier alpha value is -1.83. The van der Waals surface area contributed by atoms with Gasteiger partial charge in [-0.25, -0.2) is 0 Å². The van der Waals surface area contributed by atoms with Crippen LogP contribution in [-0.4, -0.2) is 106 Å². The van der Waals surface area contributed by atoms with Gasteiger partial charge in [-0.1, -0.05) is 96.1 Å². The van der Waals surface area contributed by atoms with Crippen LogP contribution >= 0.6 is 0 Å². The lowest BCUT2D eigenvalue weighted by Gasteiger charge is -2.40. The SMILES string of the molecule is CCCCCCCCCCCCCC[C@@H](O)[C@@H](O)[C@H](CO[C@H]1O[C@H](CO)[C@H](O)[C@H](O)[C@H]1O)NC(=O)CCc1ccc(OC)cc1. The average molecular weight is 642 g/mol. The van der Waals surface area contributed by atoms with E-state index in [1.807, 2.05) is 12.1 Å². The highest BCUT2D eigenvalue weighted by molar-refractivity contribution is 5.76. The lowest BCUT2D eigenvalue weighted by molar-refractivity contribution is -0.303. The first kappa shape index (κ1) is 39.3. The molecular formula is C34H59NO10. The fourth-order valence-electron chi connectivity index (χ4n) is 5.59. The van der Waals surface area contributed by atoms with Gasteiger partial charge in [0.1, 0.15) is 36.3 Å². The number of unbranched alkanes of at least 4 members (excludes halogenated alkanes) is 11. The van der Waals surface area contributed by atoms with E-state index in [4.69, 9.17) is 14.2 Å². The molecule has 1 aromatic carbocycles. The van der Waals surface area contributed by atoms with Crippen LogP contribution in [0.5, 0.6) is 5.75 Å². The van der Waals surface area contributed by atoms with Crippen molar-refractivity contribution in [1.82, 2.24) is 5.32 Å². The first-order chi connectivity index (χ1) is 21.7. The molecule has 0 unspecified atom stereocenters. The van der Waals surface area contributed by atoms with Crippen molar-refractivity contribution in [2.24, 2.45) is 0 Å². The normalized spacial score (nSPS) is 23.8. The molecule has 8 atom stereocenters. The number of hydrogen-bond donors (Lipinski definition) is 7. The fraction of sp³-hybridized carbons (Fsp3) is 0.794. The number of amides is 1. The molecule has 0 bridgehead atoms. The number of carbonyl (C=O) groups is 1. The zero-order valence-electron chi connectivity index (χ0n) is 27.3. The molecule has 11 heteroatoms. The van der Waals surface area contributed by atoms with Gasteiger partial charge in [0, 0.05) is 6.42 Å². The molecule has 45 heavy (non-hydrogen) atoms. The number of rotatable bonds is 24. The number of nitrogens with one attached hydrogen (secondary N) is 1. The smallest absolute Gasteiger partial charge is 0.220 e. The van der Waals surface area contributed by atoms with E-state index in [1.54, 1.807) is 19.2 Å². The Kier molecular flexibility index (Phi) is 19.8. The minimum absolute atomic E-state index is 0.116. The number of carbonyl (C=O) groups excluding carboxylic acids is 1. The molecule has 1 aliphatic rings. The van der Waals surface area contributed by atoms with Crippen LogP contribution < -0.4 is 10.1 Å². The number of aliphatic hydroxyl groups is 6. The average Bonchev–Trinajstić information content (AvgIpc) is 3.05. The summed E-state index contributed by atoms with van der Waals surface area (Å²) in [5.41, 5.74) is 0.924. The van der Waals surface area contributed by atoms with Crippen molar-refractivity contribution in [3.8, 4) is 5.75 Å². The van der Waals surface area contributed by atoms with Gasteiger partial charge in [0.05, 0.1) is 32.5 Å². The third-order valence-corrected chi connectivity index (χ3v) is 8.59. The molecular weight excluding hydrogens is 582 g/mol. The van der Waals surface area contributed by atoms with Crippen LogP contribution in [0.1, 0.15) is 102 Å². The van der Waals surface area contributed by atoms with E-state index in [-0.39, 0.29) is 18.9 Å². The van der Waals surface area contributed by atoms with Gasteiger partial charge in [-0.05, 0) is 30.5 Å². The topological polar surface area (TPSA) is 178 Å². The van der Waals surface area contributed by atoms with Gasteiger partial charge in [-0.15, -0.1) is 0 Å². The van der Waals surface area contributed by atoms with Crippen molar-refractivity contribution in [3.63, 3.8) is 0 Å². The maximum absolute atomic E-state index is 12.9. The first-order valence-corrected chi connectivity index (χ1v) is 16.9. The van der Waals surface area contributed by atoms with Gasteiger partial charge in [0.2, 0.25) is 5.91 Å². The van der Waals surface area contributed by atoms with Gasteiger partial charge in [-0.3, -0.25) is 4.79 Å². The minimum Gasteiger partial charge on any atom is -0.497 e. The second-order valence-corrected chi connectivity index (χ2v) is 12.3. The molecule has 7 N–H and O–H groups in total. The standard InChI is InChI=1S/C34H59NO10/c1-3-4-5-6-7-8-9-10-11-12-13-14-15-27(37)30(39)26(23-44-34-33(42)32(41)31(40)28(22-36)45-34)35-29(38)21-18-24-16-19-25(43-2)20-17-24/h16-17,19-20,26-28,30-34,36-37,39-42H,3-15,18,21-23H2,1-2H3,(H,35,38)/t26-,27+,28+,30-,31-,32-,33+,34-/m0/s1. The van der Waals surface area contributed by atoms with Gasteiger partial charge >= 0.3 is 0 Å². The third-order valence-electron chi connectivity index (χ3n) is 8.59. The van der Waals surface area contributed by atoms with E-state index in [1.165, 1.54) is 51.4 Å². The van der Waals surface area contributed by atoms with Crippen molar-refractivity contribution >= 4 is 5.91 Å². The molecule has 0 radical (unpaired) electrons. The van der Waals surface area contributed by atoms with Crippen molar-refractivity contribution in [3.05, 3.63) is 29.8 Å². The molecule has 1 saturated heterocycles. The van der Waals surface area contributed by atoms with Gasteiger partial charge < -0.3 is 50.2 Å². The molecule has 0 spiro atoms. The van der Waals surface area contributed by atoms with E-state index in [0.29, 0.717) is 18.6 Å². The van der Waals surface area contributed by atoms with E-state index in [0.717, 1.165) is 31.2 Å². The molecule has 1 heterocycles. The Morgan fingerprint density at radius 1 is 0.867 bits per heavy atom. The molecule has 1 aromatic rings. The van der Waals surface area contributed by atoms with Crippen molar-refractivity contribution in [2.75, 3.05) is 20.3 Å². The lowest BCUT2D eigenvalue weighted by Crippen LogP contribution is -2.60. The van der Waals surface area contributed by atoms with Crippen LogP contribution in [-0.2, 0) is 20.7 Å². The van der Waals surface area contributed by atoms with E-state index < -0.39 is 55.6 Å². The summed E-state index contributed by atoms with van der Waals surface area (Å²) < 4.78 is 16.2. The summed E-state index contributed by atoms with van der Waals surface area (Å²) in [5, 5.41) is 64.5. The number of aliphatic hydroxyl groups excluding tert-OH is 6. The van der Waals surface area contributed by atoms with Gasteiger partial charge in [0.15, 0.2) is 6.29 Å². The van der Waals surface area contributed by atoms with Crippen molar-refractivity contribution < 1.29 is 49.6 Å². The van der Waals surface area contributed by atoms with E-state index in [2.05, 4.69) is 12.2 Å². The maximum atomic E-state index is 12.9. The molecule has 1 fully saturated rings. The summed E-state index contributed by atoms with van der Waals surface area (Å²) >= 11 is 0. The predicted octanol–water partition coefficient (Wildman–Crippen LogP) is 2.74. The highest BCUT2D eigenvalue weighted by Gasteiger charge is 2.44. The number of hydrogen-bond acceptors (Lipinski definition) is 10. The molecule has 2 rings (SSSR count). The largest absolute Gasteiger partial charge is 0.497 e. The van der Waals surface area contributed by atoms with Gasteiger partial charge in [0.25, 0.3) is 0 Å². The number of aryl methyl sites for hydroxylation is 1. The van der Waals surface area contributed by atoms with Crippen LogP contribution in [0, 0.1) is 0 Å². The Morgan fingerprint density at radius 3 is 2.00 bits per heavy atom. The molecule has 1 amide bonds. The van der Waals surface area contributed by atoms with Crippen LogP contribution in [0.25, 0.3) is 0 Å². The monoisotopic (exact) mass is 641 g/mol. The Bertz CT molecular complexity index is 901. The fourth-order valence-corrected chi connectivity index (χ4v) is 5.59. The predicted molar refractivity (Wildman–Crippen MR) is 171 cm³/mol. The van der Waals surface area contributed by atoms with Crippen LogP contribution in [0.15, 0.2) is 24.3 Å². The molecule has 0 aliphatic carbocycles. The van der Waals surface area contributed by atoms with Gasteiger partial charge in [-0.2, -0.15) is 0 Å². The molecule has 11 nitrogen and oxygen atoms in total. The zero-order chi connectivity index (χ0) is 33.0. The highest BCUT2D eigenvalue weighted by atomic mass is 16.7. The third kappa shape index (κ3) is 14.6. The Morgan fingerprint density at radius 2 is 1.44 bits per heavy atom. The minimum atomic E-state index is -1.63. The zero-order valence-corrected chi connectivity index (χ0v) is 27.3. The second-order valence-electron chi connectivity index (χ2n) is 12.3. The quantitative estimate of drug-likeness (QED) is 0.0831. The number of ether oxygens (including phenoxy) is 3. The highest BCUT2D eigenvalue weighted by Crippen LogP contribution is 2.23. The molecule has 0 saturated carbocycles. The summed E-state index contributed by atoms with van der Waals surface area (Å²) in [5.74, 6) is 0.337. The maximum Gasteiger partial charge on any atom is 0.220 e. The summed E-state index contributed by atoms with van der Waals surface area (Å²) in [7, 11) is 1.58. The summed E-state index contributed by atoms with van der Waals surface area (Å²) in [6.45, 7) is 1.26. The summed E-state index contributed by atoms with van der Waals surface area (Å²) in [4.78, 5) is 12.9. The Balaban J connectivity index is 1.85. The molecule has 0 aromatic heterocycles. The van der Waals surface area contributed by atoms with E-state index >= 15 is 0 Å².